The summed E-state index contributed by atoms with van der Waals surface area (Å²) in [5, 5.41) is 2.63. The molecule has 1 aromatic rings. The van der Waals surface area contributed by atoms with E-state index >= 15 is 0 Å². The minimum Gasteiger partial charge on any atom is -0.444 e. The lowest BCUT2D eigenvalue weighted by molar-refractivity contribution is 0.0636. The number of anilines is 1. The van der Waals surface area contributed by atoms with Crippen LogP contribution in [0.4, 0.5) is 10.5 Å². The molecule has 4 nitrogen and oxygen atoms in total. The fourth-order valence-electron chi connectivity index (χ4n) is 1.53. The van der Waals surface area contributed by atoms with E-state index in [1.165, 1.54) is 6.92 Å². The average Bonchev–Trinajstić information content (AvgIpc) is 2.17. The van der Waals surface area contributed by atoms with E-state index in [9.17, 15) is 9.59 Å². The third-order valence-electron chi connectivity index (χ3n) is 2.28. The Kier molecular flexibility index (Phi) is 4.11. The molecule has 0 aliphatic heterocycles. The summed E-state index contributed by atoms with van der Waals surface area (Å²) in [6.45, 7) is 8.66. The first-order chi connectivity index (χ1) is 8.20. The van der Waals surface area contributed by atoms with Crippen LogP contribution in [0.5, 0.6) is 0 Å². The Labute approximate surface area is 107 Å². The van der Waals surface area contributed by atoms with Crippen molar-refractivity contribution in [2.45, 2.75) is 40.2 Å². The largest absolute Gasteiger partial charge is 0.444 e. The molecular formula is C14H19NO3. The van der Waals surface area contributed by atoms with Crippen molar-refractivity contribution in [1.29, 1.82) is 0 Å². The van der Waals surface area contributed by atoms with E-state index in [0.717, 1.165) is 5.56 Å². The van der Waals surface area contributed by atoms with Crippen LogP contribution in [0.3, 0.4) is 0 Å². The normalized spacial score (nSPS) is 10.9. The first-order valence-corrected chi connectivity index (χ1v) is 5.81. The van der Waals surface area contributed by atoms with Crippen LogP contribution in [0.25, 0.3) is 0 Å². The van der Waals surface area contributed by atoms with Gasteiger partial charge in [0.15, 0.2) is 5.78 Å². The first kappa shape index (κ1) is 14.2. The van der Waals surface area contributed by atoms with Crippen molar-refractivity contribution in [2.24, 2.45) is 0 Å². The third kappa shape index (κ3) is 3.87. The van der Waals surface area contributed by atoms with Crippen LogP contribution in [-0.2, 0) is 4.74 Å². The SMILES string of the molecule is CC(=O)c1cccc(C)c1NC(=O)OC(C)(C)C. The summed E-state index contributed by atoms with van der Waals surface area (Å²) < 4.78 is 5.17. The summed E-state index contributed by atoms with van der Waals surface area (Å²) in [6, 6.07) is 5.30. The minimum absolute atomic E-state index is 0.0928. The van der Waals surface area contributed by atoms with Gasteiger partial charge in [-0.25, -0.2) is 4.79 Å². The molecule has 0 saturated heterocycles. The molecule has 98 valence electrons. The number of ether oxygens (including phenoxy) is 1. The topological polar surface area (TPSA) is 55.4 Å². The lowest BCUT2D eigenvalue weighted by atomic mass is 10.1. The van der Waals surface area contributed by atoms with Crippen molar-refractivity contribution in [3.8, 4) is 0 Å². The van der Waals surface area contributed by atoms with Gasteiger partial charge in [-0.2, -0.15) is 0 Å². The smallest absolute Gasteiger partial charge is 0.412 e. The van der Waals surface area contributed by atoms with Gasteiger partial charge in [0, 0.05) is 5.56 Å². The molecule has 0 bridgehead atoms. The number of benzene rings is 1. The zero-order valence-corrected chi connectivity index (χ0v) is 11.5. The monoisotopic (exact) mass is 249 g/mol. The number of nitrogens with one attached hydrogen (secondary N) is 1. The molecule has 1 aromatic carbocycles. The summed E-state index contributed by atoms with van der Waals surface area (Å²) in [7, 11) is 0. The van der Waals surface area contributed by atoms with Gasteiger partial charge in [0.25, 0.3) is 0 Å². The molecular weight excluding hydrogens is 230 g/mol. The molecule has 1 N–H and O–H groups in total. The van der Waals surface area contributed by atoms with Gasteiger partial charge in [-0.15, -0.1) is 0 Å². The van der Waals surface area contributed by atoms with E-state index in [2.05, 4.69) is 5.32 Å². The number of hydrogen-bond acceptors (Lipinski definition) is 3. The number of aryl methyl sites for hydroxylation is 1. The van der Waals surface area contributed by atoms with Crippen LogP contribution in [0.15, 0.2) is 18.2 Å². The van der Waals surface area contributed by atoms with E-state index in [4.69, 9.17) is 4.74 Å². The van der Waals surface area contributed by atoms with Crippen LogP contribution in [0.1, 0.15) is 43.6 Å². The molecule has 0 saturated carbocycles. The Morgan fingerprint density at radius 1 is 1.22 bits per heavy atom. The number of ketones is 1. The Bertz CT molecular complexity index is 472. The standard InChI is InChI=1S/C14H19NO3/c1-9-7-6-8-11(10(2)16)12(9)15-13(17)18-14(3,4)5/h6-8H,1-5H3,(H,15,17). The summed E-state index contributed by atoms with van der Waals surface area (Å²) >= 11 is 0. The molecule has 0 spiro atoms. The molecule has 0 aliphatic rings. The maximum atomic E-state index is 11.7. The summed E-state index contributed by atoms with van der Waals surface area (Å²) in [6.07, 6.45) is -0.556. The van der Waals surface area contributed by atoms with E-state index in [1.807, 2.05) is 13.0 Å². The maximum absolute atomic E-state index is 11.7. The molecule has 0 unspecified atom stereocenters. The quantitative estimate of drug-likeness (QED) is 0.815. The molecule has 0 fully saturated rings. The van der Waals surface area contributed by atoms with Crippen molar-refractivity contribution in [3.05, 3.63) is 29.3 Å². The van der Waals surface area contributed by atoms with E-state index in [-0.39, 0.29) is 5.78 Å². The molecule has 0 heterocycles. The maximum Gasteiger partial charge on any atom is 0.412 e. The van der Waals surface area contributed by atoms with Crippen molar-refractivity contribution >= 4 is 17.6 Å². The fraction of sp³-hybridized carbons (Fsp3) is 0.429. The second-order valence-electron chi connectivity index (χ2n) is 5.18. The third-order valence-corrected chi connectivity index (χ3v) is 2.28. The van der Waals surface area contributed by atoms with E-state index in [0.29, 0.717) is 11.3 Å². The van der Waals surface area contributed by atoms with Gasteiger partial charge < -0.3 is 4.74 Å². The molecule has 1 amide bonds. The van der Waals surface area contributed by atoms with Crippen LogP contribution >= 0.6 is 0 Å². The van der Waals surface area contributed by atoms with Gasteiger partial charge in [0.05, 0.1) is 5.69 Å². The number of carbonyl (C=O) groups excluding carboxylic acids is 2. The summed E-state index contributed by atoms with van der Waals surface area (Å²) in [4.78, 5) is 23.2. The summed E-state index contributed by atoms with van der Waals surface area (Å²) in [5.74, 6) is -0.0928. The predicted octanol–water partition coefficient (Wildman–Crippen LogP) is 3.54. The molecule has 0 aliphatic carbocycles. The first-order valence-electron chi connectivity index (χ1n) is 5.81. The van der Waals surface area contributed by atoms with Gasteiger partial charge in [-0.05, 0) is 46.2 Å². The molecule has 4 heteroatoms. The zero-order valence-electron chi connectivity index (χ0n) is 11.5. The molecule has 0 radical (unpaired) electrons. The number of para-hydroxylation sites is 1. The number of Topliss-reactive ketones (excluding diaryl/α,β-unsaturated/α-hetero) is 1. The van der Waals surface area contributed by atoms with Crippen LogP contribution in [-0.4, -0.2) is 17.5 Å². The minimum atomic E-state index is -0.566. The van der Waals surface area contributed by atoms with Crippen molar-refractivity contribution in [2.75, 3.05) is 5.32 Å². The van der Waals surface area contributed by atoms with Gasteiger partial charge in [0.1, 0.15) is 5.60 Å². The van der Waals surface area contributed by atoms with Gasteiger partial charge in [-0.3, -0.25) is 10.1 Å². The Morgan fingerprint density at radius 3 is 2.33 bits per heavy atom. The molecule has 0 atom stereocenters. The Hall–Kier alpha value is -1.84. The highest BCUT2D eigenvalue weighted by molar-refractivity contribution is 6.03. The molecule has 1 rings (SSSR count). The lowest BCUT2D eigenvalue weighted by Gasteiger charge is -2.20. The van der Waals surface area contributed by atoms with Crippen molar-refractivity contribution in [3.63, 3.8) is 0 Å². The van der Waals surface area contributed by atoms with E-state index in [1.54, 1.807) is 32.9 Å². The highest BCUT2D eigenvalue weighted by atomic mass is 16.6. The average molecular weight is 249 g/mol. The predicted molar refractivity (Wildman–Crippen MR) is 71.0 cm³/mol. The fourth-order valence-corrected chi connectivity index (χ4v) is 1.53. The number of rotatable bonds is 2. The number of amides is 1. The van der Waals surface area contributed by atoms with Crippen molar-refractivity contribution in [1.82, 2.24) is 0 Å². The Balaban J connectivity index is 2.97. The summed E-state index contributed by atoms with van der Waals surface area (Å²) in [5.41, 5.74) is 1.26. The second kappa shape index (κ2) is 5.21. The van der Waals surface area contributed by atoms with Crippen LogP contribution in [0.2, 0.25) is 0 Å². The molecule has 18 heavy (non-hydrogen) atoms. The van der Waals surface area contributed by atoms with Gasteiger partial charge in [-0.1, -0.05) is 12.1 Å². The zero-order chi connectivity index (χ0) is 13.9. The second-order valence-corrected chi connectivity index (χ2v) is 5.18. The highest BCUT2D eigenvalue weighted by Gasteiger charge is 2.18. The Morgan fingerprint density at radius 2 is 1.83 bits per heavy atom. The van der Waals surface area contributed by atoms with E-state index < -0.39 is 11.7 Å². The number of hydrogen-bond donors (Lipinski definition) is 1. The highest BCUT2D eigenvalue weighted by Crippen LogP contribution is 2.22. The molecule has 0 aromatic heterocycles. The van der Waals surface area contributed by atoms with Crippen molar-refractivity contribution < 1.29 is 14.3 Å². The van der Waals surface area contributed by atoms with Gasteiger partial charge >= 0.3 is 6.09 Å². The van der Waals surface area contributed by atoms with Crippen LogP contribution in [0, 0.1) is 6.92 Å². The lowest BCUT2D eigenvalue weighted by Crippen LogP contribution is -2.28. The van der Waals surface area contributed by atoms with Gasteiger partial charge in [0.2, 0.25) is 0 Å². The number of carbonyl (C=O) groups is 2. The van der Waals surface area contributed by atoms with Crippen LogP contribution < -0.4 is 5.32 Å².